The van der Waals surface area contributed by atoms with E-state index in [-0.39, 0.29) is 0 Å². The van der Waals surface area contributed by atoms with E-state index in [0.717, 1.165) is 5.92 Å². The minimum atomic E-state index is 0.523. The molecular formula is C16H30. The summed E-state index contributed by atoms with van der Waals surface area (Å²) < 4.78 is 0. The third-order valence-electron chi connectivity index (χ3n) is 5.63. The zero-order chi connectivity index (χ0) is 11.6. The molecule has 0 N–H and O–H groups in total. The zero-order valence-corrected chi connectivity index (χ0v) is 11.6. The summed E-state index contributed by atoms with van der Waals surface area (Å²) in [6.45, 7) is 7.52. The molecule has 94 valence electrons. The van der Waals surface area contributed by atoms with E-state index in [4.69, 9.17) is 0 Å². The molecule has 0 heteroatoms. The average Bonchev–Trinajstić information content (AvgIpc) is 2.30. The van der Waals surface area contributed by atoms with Gasteiger partial charge in [0.15, 0.2) is 0 Å². The van der Waals surface area contributed by atoms with Gasteiger partial charge in [0.2, 0.25) is 0 Å². The summed E-state index contributed by atoms with van der Waals surface area (Å²) >= 11 is 0. The van der Waals surface area contributed by atoms with Crippen LogP contribution in [0, 0.1) is 16.7 Å². The third kappa shape index (κ3) is 2.17. The third-order valence-corrected chi connectivity index (χ3v) is 5.63. The molecule has 0 spiro atoms. The van der Waals surface area contributed by atoms with Gasteiger partial charge in [-0.1, -0.05) is 59.3 Å². The van der Waals surface area contributed by atoms with Gasteiger partial charge < -0.3 is 0 Å². The fourth-order valence-corrected chi connectivity index (χ4v) is 4.61. The Morgan fingerprint density at radius 3 is 1.75 bits per heavy atom. The quantitative estimate of drug-likeness (QED) is 0.544. The molecular weight excluding hydrogens is 192 g/mol. The van der Waals surface area contributed by atoms with Crippen molar-refractivity contribution >= 4 is 0 Å². The molecule has 2 aliphatic rings. The minimum absolute atomic E-state index is 0.523. The van der Waals surface area contributed by atoms with Gasteiger partial charge in [0.1, 0.15) is 0 Å². The van der Waals surface area contributed by atoms with Crippen LogP contribution in [0.15, 0.2) is 0 Å². The van der Waals surface area contributed by atoms with Crippen LogP contribution in [0.1, 0.15) is 85.0 Å². The normalized spacial score (nSPS) is 27.9. The Hall–Kier alpha value is 0. The second-order valence-corrected chi connectivity index (χ2v) is 7.30. The largest absolute Gasteiger partial charge is 0.0596 e. The monoisotopic (exact) mass is 222 g/mol. The first-order valence-corrected chi connectivity index (χ1v) is 7.56. The predicted octanol–water partition coefficient (Wildman–Crippen LogP) is 5.56. The van der Waals surface area contributed by atoms with Crippen LogP contribution in [-0.2, 0) is 0 Å². The van der Waals surface area contributed by atoms with Crippen molar-refractivity contribution in [3.8, 4) is 0 Å². The summed E-state index contributed by atoms with van der Waals surface area (Å²) in [5, 5.41) is 0. The van der Waals surface area contributed by atoms with Crippen LogP contribution in [0.25, 0.3) is 0 Å². The fraction of sp³-hybridized carbons (Fsp3) is 1.00. The summed E-state index contributed by atoms with van der Waals surface area (Å²) in [6.07, 6.45) is 15.1. The molecule has 0 aliphatic heterocycles. The molecule has 2 fully saturated rings. The second kappa shape index (κ2) is 4.70. The van der Waals surface area contributed by atoms with E-state index in [0.29, 0.717) is 10.8 Å². The van der Waals surface area contributed by atoms with Gasteiger partial charge in [0.05, 0.1) is 0 Å². The number of hydrogen-bond acceptors (Lipinski definition) is 0. The van der Waals surface area contributed by atoms with Gasteiger partial charge in [-0.25, -0.2) is 0 Å². The van der Waals surface area contributed by atoms with Crippen molar-refractivity contribution in [1.29, 1.82) is 0 Å². The van der Waals surface area contributed by atoms with Crippen LogP contribution in [0.4, 0.5) is 0 Å². The lowest BCUT2D eigenvalue weighted by atomic mass is 9.51. The molecule has 2 aliphatic carbocycles. The van der Waals surface area contributed by atoms with Crippen LogP contribution in [0.2, 0.25) is 0 Å². The van der Waals surface area contributed by atoms with Gasteiger partial charge in [-0.05, 0) is 42.4 Å². The van der Waals surface area contributed by atoms with E-state index in [1.54, 1.807) is 0 Å². The molecule has 0 atom stereocenters. The molecule has 0 heterocycles. The Labute approximate surface area is 102 Å². The first-order valence-electron chi connectivity index (χ1n) is 7.56. The maximum absolute atomic E-state index is 2.51. The highest BCUT2D eigenvalue weighted by atomic mass is 14.5. The second-order valence-electron chi connectivity index (χ2n) is 7.30. The van der Waals surface area contributed by atoms with Crippen molar-refractivity contribution in [2.45, 2.75) is 85.0 Å². The summed E-state index contributed by atoms with van der Waals surface area (Å²) in [5.74, 6) is 1.04. The van der Waals surface area contributed by atoms with Crippen LogP contribution >= 0.6 is 0 Å². The standard InChI is InChI=1S/C16H30/c1-15(2,3)16(12-8-5-9-13-16)14-10-6-4-7-11-14/h14H,4-13H2,1-3H3. The zero-order valence-electron chi connectivity index (χ0n) is 11.6. The van der Waals surface area contributed by atoms with Crippen LogP contribution in [-0.4, -0.2) is 0 Å². The Balaban J connectivity index is 2.18. The first kappa shape index (κ1) is 12.5. The van der Waals surface area contributed by atoms with Gasteiger partial charge in [0, 0.05) is 0 Å². The Morgan fingerprint density at radius 2 is 1.25 bits per heavy atom. The van der Waals surface area contributed by atoms with Crippen molar-refractivity contribution in [3.63, 3.8) is 0 Å². The SMILES string of the molecule is CC(C)(C)C1(C2CCCCC2)CCCCC1. The molecule has 0 aromatic heterocycles. The van der Waals surface area contributed by atoms with Crippen LogP contribution < -0.4 is 0 Å². The molecule has 2 rings (SSSR count). The smallest absolute Gasteiger partial charge is 0.0221 e. The van der Waals surface area contributed by atoms with Gasteiger partial charge in [-0.3, -0.25) is 0 Å². The maximum atomic E-state index is 2.51. The number of hydrogen-bond donors (Lipinski definition) is 0. The summed E-state index contributed by atoms with van der Waals surface area (Å²) in [4.78, 5) is 0. The molecule has 16 heavy (non-hydrogen) atoms. The highest BCUT2D eigenvalue weighted by Gasteiger charge is 2.47. The highest BCUT2D eigenvalue weighted by Crippen LogP contribution is 2.57. The molecule has 0 nitrogen and oxygen atoms in total. The van der Waals surface area contributed by atoms with Crippen molar-refractivity contribution in [2.75, 3.05) is 0 Å². The van der Waals surface area contributed by atoms with E-state index >= 15 is 0 Å². The summed E-state index contributed by atoms with van der Waals surface area (Å²) in [5.41, 5.74) is 1.21. The van der Waals surface area contributed by atoms with E-state index < -0.39 is 0 Å². The van der Waals surface area contributed by atoms with Crippen molar-refractivity contribution in [3.05, 3.63) is 0 Å². The van der Waals surface area contributed by atoms with E-state index in [9.17, 15) is 0 Å². The van der Waals surface area contributed by atoms with Crippen molar-refractivity contribution in [1.82, 2.24) is 0 Å². The molecule has 0 unspecified atom stereocenters. The van der Waals surface area contributed by atoms with Gasteiger partial charge >= 0.3 is 0 Å². The topological polar surface area (TPSA) is 0 Å². The Bertz CT molecular complexity index is 209. The molecule has 0 aromatic rings. The van der Waals surface area contributed by atoms with E-state index in [1.165, 1.54) is 64.2 Å². The molecule has 0 radical (unpaired) electrons. The van der Waals surface area contributed by atoms with Gasteiger partial charge in [-0.15, -0.1) is 0 Å². The number of rotatable bonds is 1. The molecule has 2 saturated carbocycles. The highest BCUT2D eigenvalue weighted by molar-refractivity contribution is 4.97. The van der Waals surface area contributed by atoms with Crippen molar-refractivity contribution < 1.29 is 0 Å². The minimum Gasteiger partial charge on any atom is -0.0596 e. The first-order chi connectivity index (χ1) is 7.56. The van der Waals surface area contributed by atoms with Gasteiger partial charge in [-0.2, -0.15) is 0 Å². The summed E-state index contributed by atoms with van der Waals surface area (Å²) in [7, 11) is 0. The predicted molar refractivity (Wildman–Crippen MR) is 71.5 cm³/mol. The summed E-state index contributed by atoms with van der Waals surface area (Å²) in [6, 6.07) is 0. The molecule has 0 aromatic carbocycles. The Kier molecular flexibility index (Phi) is 3.66. The molecule has 0 saturated heterocycles. The molecule has 0 amide bonds. The lowest BCUT2D eigenvalue weighted by molar-refractivity contribution is -0.0381. The van der Waals surface area contributed by atoms with Crippen LogP contribution in [0.3, 0.4) is 0 Å². The van der Waals surface area contributed by atoms with Gasteiger partial charge in [0.25, 0.3) is 0 Å². The van der Waals surface area contributed by atoms with E-state index in [2.05, 4.69) is 20.8 Å². The van der Waals surface area contributed by atoms with Crippen LogP contribution in [0.5, 0.6) is 0 Å². The van der Waals surface area contributed by atoms with Crippen molar-refractivity contribution in [2.24, 2.45) is 16.7 Å². The lowest BCUT2D eigenvalue weighted by Crippen LogP contribution is -2.44. The maximum Gasteiger partial charge on any atom is -0.0221 e. The van der Waals surface area contributed by atoms with E-state index in [1.807, 2.05) is 0 Å². The fourth-order valence-electron chi connectivity index (χ4n) is 4.61. The average molecular weight is 222 g/mol. The lowest BCUT2D eigenvalue weighted by Gasteiger charge is -2.54. The Morgan fingerprint density at radius 1 is 0.750 bits per heavy atom. The molecule has 0 bridgehead atoms.